The summed E-state index contributed by atoms with van der Waals surface area (Å²) in [5, 5.41) is 19.1. The fourth-order valence-electron chi connectivity index (χ4n) is 2.05. The van der Waals surface area contributed by atoms with Gasteiger partial charge in [-0.05, 0) is 18.1 Å². The highest BCUT2D eigenvalue weighted by molar-refractivity contribution is 6.30. The largest absolute Gasteiger partial charge is 0.381 e. The molecule has 7 nitrogen and oxygen atoms in total. The molecule has 0 aliphatic carbocycles. The van der Waals surface area contributed by atoms with Gasteiger partial charge in [0.15, 0.2) is 5.82 Å². The zero-order valence-corrected chi connectivity index (χ0v) is 11.8. The summed E-state index contributed by atoms with van der Waals surface area (Å²) >= 11 is 5.79. The first kappa shape index (κ1) is 14.3. The number of benzene rings is 1. The van der Waals surface area contributed by atoms with Crippen LogP contribution in [0.25, 0.3) is 0 Å². The number of nitro groups is 1. The van der Waals surface area contributed by atoms with Crippen LogP contribution >= 0.6 is 11.6 Å². The molecule has 0 radical (unpaired) electrons. The van der Waals surface area contributed by atoms with Crippen LogP contribution < -0.4 is 5.73 Å². The van der Waals surface area contributed by atoms with Crippen molar-refractivity contribution in [2.45, 2.75) is 26.3 Å². The summed E-state index contributed by atoms with van der Waals surface area (Å²) in [6.45, 7) is 4.15. The maximum atomic E-state index is 11.1. The lowest BCUT2D eigenvalue weighted by molar-refractivity contribution is -0.385. The number of hydrogen-bond acceptors (Lipinski definition) is 5. The van der Waals surface area contributed by atoms with Crippen LogP contribution in [0.4, 0.5) is 11.5 Å². The molecule has 0 unspecified atom stereocenters. The Kier molecular flexibility index (Phi) is 3.89. The second-order valence-corrected chi connectivity index (χ2v) is 5.14. The van der Waals surface area contributed by atoms with Gasteiger partial charge in [-0.3, -0.25) is 10.1 Å². The summed E-state index contributed by atoms with van der Waals surface area (Å²) in [7, 11) is 0. The van der Waals surface area contributed by atoms with Gasteiger partial charge >= 0.3 is 0 Å². The van der Waals surface area contributed by atoms with Crippen molar-refractivity contribution >= 4 is 23.1 Å². The van der Waals surface area contributed by atoms with Gasteiger partial charge < -0.3 is 5.73 Å². The number of nitrogens with two attached hydrogens (primary N) is 1. The van der Waals surface area contributed by atoms with Crippen LogP contribution in [-0.4, -0.2) is 19.9 Å². The Hall–Kier alpha value is -2.15. The maximum absolute atomic E-state index is 11.1. The number of aromatic nitrogens is 3. The molecular weight excluding hydrogens is 282 g/mol. The molecule has 1 aromatic carbocycles. The molecule has 0 saturated heterocycles. The van der Waals surface area contributed by atoms with Gasteiger partial charge in [0.25, 0.3) is 5.69 Å². The van der Waals surface area contributed by atoms with Crippen LogP contribution in [-0.2, 0) is 6.54 Å². The van der Waals surface area contributed by atoms with Crippen LogP contribution in [0.15, 0.2) is 18.2 Å². The van der Waals surface area contributed by atoms with Gasteiger partial charge in [0.1, 0.15) is 0 Å². The van der Waals surface area contributed by atoms with E-state index in [1.807, 2.05) is 13.8 Å². The van der Waals surface area contributed by atoms with Crippen molar-refractivity contribution in [3.05, 3.63) is 44.6 Å². The molecule has 0 bridgehead atoms. The molecule has 20 heavy (non-hydrogen) atoms. The zero-order chi connectivity index (χ0) is 14.9. The minimum Gasteiger partial charge on any atom is -0.381 e. The van der Waals surface area contributed by atoms with Crippen molar-refractivity contribution in [3.63, 3.8) is 0 Å². The van der Waals surface area contributed by atoms with Gasteiger partial charge in [0.05, 0.1) is 22.7 Å². The molecule has 2 aromatic rings. The molecule has 0 saturated carbocycles. The summed E-state index contributed by atoms with van der Waals surface area (Å²) < 4.78 is 1.58. The Labute approximate surface area is 120 Å². The summed E-state index contributed by atoms with van der Waals surface area (Å²) in [6, 6.07) is 4.55. The summed E-state index contributed by atoms with van der Waals surface area (Å²) in [4.78, 5) is 10.6. The van der Waals surface area contributed by atoms with Gasteiger partial charge in [0.2, 0.25) is 0 Å². The summed E-state index contributed by atoms with van der Waals surface area (Å²) in [5.41, 5.74) is 6.99. The topological polar surface area (TPSA) is 99.9 Å². The molecule has 1 aromatic heterocycles. The number of nitrogens with zero attached hydrogens (tertiary/aromatic N) is 4. The number of halogens is 1. The van der Waals surface area contributed by atoms with E-state index >= 15 is 0 Å². The summed E-state index contributed by atoms with van der Waals surface area (Å²) in [6.07, 6.45) is 0. The van der Waals surface area contributed by atoms with E-state index in [1.165, 1.54) is 6.07 Å². The fraction of sp³-hybridized carbons (Fsp3) is 0.333. The number of hydrogen-bond donors (Lipinski definition) is 1. The third-order valence-corrected chi connectivity index (χ3v) is 3.15. The first-order valence-corrected chi connectivity index (χ1v) is 6.39. The Morgan fingerprint density at radius 1 is 1.50 bits per heavy atom. The van der Waals surface area contributed by atoms with E-state index in [0.717, 1.165) is 5.69 Å². The number of nitro benzene ring substituents is 1. The van der Waals surface area contributed by atoms with E-state index < -0.39 is 4.92 Å². The lowest BCUT2D eigenvalue weighted by atomic mass is 10.1. The Morgan fingerprint density at radius 3 is 2.80 bits per heavy atom. The van der Waals surface area contributed by atoms with E-state index in [0.29, 0.717) is 16.4 Å². The van der Waals surface area contributed by atoms with Crippen LogP contribution in [0.5, 0.6) is 0 Å². The molecule has 106 valence electrons. The monoisotopic (exact) mass is 295 g/mol. The fourth-order valence-corrected chi connectivity index (χ4v) is 2.21. The van der Waals surface area contributed by atoms with Crippen LogP contribution in [0, 0.1) is 10.1 Å². The second kappa shape index (κ2) is 5.46. The molecule has 0 fully saturated rings. The van der Waals surface area contributed by atoms with E-state index in [9.17, 15) is 10.1 Å². The van der Waals surface area contributed by atoms with E-state index in [4.69, 9.17) is 17.3 Å². The van der Waals surface area contributed by atoms with Crippen LogP contribution in [0.3, 0.4) is 0 Å². The predicted octanol–water partition coefficient (Wildman–Crippen LogP) is 2.59. The van der Waals surface area contributed by atoms with E-state index in [1.54, 1.807) is 16.8 Å². The number of nitrogen functional groups attached to an aromatic ring is 1. The first-order valence-electron chi connectivity index (χ1n) is 6.01. The van der Waals surface area contributed by atoms with Gasteiger partial charge in [0, 0.05) is 11.1 Å². The van der Waals surface area contributed by atoms with E-state index in [-0.39, 0.29) is 18.2 Å². The van der Waals surface area contributed by atoms with Crippen molar-refractivity contribution in [2.75, 3.05) is 5.73 Å². The highest BCUT2D eigenvalue weighted by Crippen LogP contribution is 2.26. The zero-order valence-electron chi connectivity index (χ0n) is 11.1. The molecule has 0 spiro atoms. The Morgan fingerprint density at radius 2 is 2.20 bits per heavy atom. The second-order valence-electron chi connectivity index (χ2n) is 4.70. The van der Waals surface area contributed by atoms with Gasteiger partial charge in [-0.25, -0.2) is 4.68 Å². The molecule has 1 heterocycles. The third kappa shape index (κ3) is 2.72. The SMILES string of the molecule is CC(C)c1c(N)nnn1Cc1ccc(Cl)cc1[N+](=O)[O-]. The molecular formula is C12H14ClN5O2. The van der Waals surface area contributed by atoms with Crippen molar-refractivity contribution in [3.8, 4) is 0 Å². The predicted molar refractivity (Wildman–Crippen MR) is 75.7 cm³/mol. The smallest absolute Gasteiger partial charge is 0.275 e. The van der Waals surface area contributed by atoms with Crippen LogP contribution in [0.2, 0.25) is 5.02 Å². The lowest BCUT2D eigenvalue weighted by Gasteiger charge is -2.10. The molecule has 0 aliphatic rings. The quantitative estimate of drug-likeness (QED) is 0.690. The van der Waals surface area contributed by atoms with Crippen molar-refractivity contribution < 1.29 is 4.92 Å². The first-order chi connectivity index (χ1) is 9.40. The minimum atomic E-state index is -0.462. The maximum Gasteiger partial charge on any atom is 0.275 e. The highest BCUT2D eigenvalue weighted by atomic mass is 35.5. The molecule has 2 N–H and O–H groups in total. The Bertz CT molecular complexity index is 653. The van der Waals surface area contributed by atoms with Crippen molar-refractivity contribution in [2.24, 2.45) is 0 Å². The van der Waals surface area contributed by atoms with E-state index in [2.05, 4.69) is 10.3 Å². The molecule has 2 rings (SSSR count). The Balaban J connectivity index is 2.43. The number of rotatable bonds is 4. The molecule has 0 atom stereocenters. The molecule has 0 amide bonds. The number of anilines is 1. The minimum absolute atomic E-state index is 0.0405. The normalized spacial score (nSPS) is 11.0. The highest BCUT2D eigenvalue weighted by Gasteiger charge is 2.19. The van der Waals surface area contributed by atoms with Crippen LogP contribution in [0.1, 0.15) is 31.0 Å². The lowest BCUT2D eigenvalue weighted by Crippen LogP contribution is -2.10. The summed E-state index contributed by atoms with van der Waals surface area (Å²) in [5.74, 6) is 0.466. The van der Waals surface area contributed by atoms with Gasteiger partial charge in [-0.1, -0.05) is 30.7 Å². The van der Waals surface area contributed by atoms with Gasteiger partial charge in [-0.2, -0.15) is 0 Å². The average molecular weight is 296 g/mol. The standard InChI is InChI=1S/C12H14ClN5O2/c1-7(2)11-12(14)15-16-17(11)6-8-3-4-9(13)5-10(8)18(19)20/h3-5,7H,6,14H2,1-2H3. The van der Waals surface area contributed by atoms with Crippen molar-refractivity contribution in [1.29, 1.82) is 0 Å². The third-order valence-electron chi connectivity index (χ3n) is 2.91. The molecule has 0 aliphatic heterocycles. The van der Waals surface area contributed by atoms with Crippen molar-refractivity contribution in [1.82, 2.24) is 15.0 Å². The average Bonchev–Trinajstić information content (AvgIpc) is 2.72. The van der Waals surface area contributed by atoms with Gasteiger partial charge in [-0.15, -0.1) is 5.10 Å². The molecule has 8 heteroatoms.